The van der Waals surface area contributed by atoms with E-state index in [4.69, 9.17) is 21.6 Å². The fourth-order valence-corrected chi connectivity index (χ4v) is 1.97. The number of nitriles is 1. The Kier molecular flexibility index (Phi) is 4.55. The van der Waals surface area contributed by atoms with E-state index in [2.05, 4.69) is 5.10 Å². The summed E-state index contributed by atoms with van der Waals surface area (Å²) in [6.07, 6.45) is 0.338. The Hall–Kier alpha value is -2.39. The van der Waals surface area contributed by atoms with Gasteiger partial charge >= 0.3 is 5.97 Å². The van der Waals surface area contributed by atoms with Crippen LogP contribution >= 0.6 is 11.6 Å². The van der Waals surface area contributed by atoms with Gasteiger partial charge in [0.2, 0.25) is 5.91 Å². The number of ether oxygens (including phenoxy) is 1. The number of esters is 1. The zero-order valence-electron chi connectivity index (χ0n) is 11.3. The predicted molar refractivity (Wildman–Crippen MR) is 76.9 cm³/mol. The number of hydrogen-bond donors (Lipinski definition) is 0. The minimum atomic E-state index is -0.688. The molecule has 1 heterocycles. The van der Waals surface area contributed by atoms with Crippen LogP contribution in [0.4, 0.5) is 5.69 Å². The average Bonchev–Trinajstić information content (AvgIpc) is 2.48. The van der Waals surface area contributed by atoms with Crippen LogP contribution in [0, 0.1) is 18.3 Å². The Morgan fingerprint density at radius 3 is 2.95 bits per heavy atom. The van der Waals surface area contributed by atoms with Crippen LogP contribution in [-0.2, 0) is 14.3 Å². The van der Waals surface area contributed by atoms with Gasteiger partial charge < -0.3 is 4.74 Å². The van der Waals surface area contributed by atoms with Crippen LogP contribution < -0.4 is 5.01 Å². The molecule has 0 atom stereocenters. The molecule has 108 valence electrons. The van der Waals surface area contributed by atoms with E-state index in [9.17, 15) is 9.59 Å². The Balaban J connectivity index is 2.28. The number of amides is 1. The Bertz CT molecular complexity index is 664. The maximum absolute atomic E-state index is 11.9. The van der Waals surface area contributed by atoms with Crippen molar-refractivity contribution in [1.29, 1.82) is 5.26 Å². The summed E-state index contributed by atoms with van der Waals surface area (Å²) in [4.78, 5) is 23.6. The summed E-state index contributed by atoms with van der Waals surface area (Å²) in [5, 5.41) is 14.1. The molecule has 0 aromatic heterocycles. The molecule has 0 spiro atoms. The number of nitrogens with zero attached hydrogens (tertiary/aromatic N) is 3. The van der Waals surface area contributed by atoms with Crippen molar-refractivity contribution in [3.63, 3.8) is 0 Å². The minimum absolute atomic E-state index is 0.113. The molecule has 0 fully saturated rings. The van der Waals surface area contributed by atoms with E-state index in [0.29, 0.717) is 10.7 Å². The van der Waals surface area contributed by atoms with Crippen molar-refractivity contribution < 1.29 is 14.3 Å². The lowest BCUT2D eigenvalue weighted by Crippen LogP contribution is -2.35. The Morgan fingerprint density at radius 1 is 1.52 bits per heavy atom. The molecular formula is C14H12ClN3O3. The average molecular weight is 306 g/mol. The van der Waals surface area contributed by atoms with Crippen molar-refractivity contribution in [3.8, 4) is 6.07 Å². The smallest absolute Gasteiger partial charge is 0.355 e. The van der Waals surface area contributed by atoms with Gasteiger partial charge in [0, 0.05) is 17.9 Å². The minimum Gasteiger partial charge on any atom is -0.446 e. The number of hydrazone groups is 1. The number of benzene rings is 1. The number of anilines is 1. The third-order valence-corrected chi connectivity index (χ3v) is 3.34. The molecule has 0 bridgehead atoms. The van der Waals surface area contributed by atoms with E-state index in [1.54, 1.807) is 24.3 Å². The van der Waals surface area contributed by atoms with Gasteiger partial charge in [0.15, 0.2) is 6.61 Å². The highest BCUT2D eigenvalue weighted by Crippen LogP contribution is 2.26. The van der Waals surface area contributed by atoms with Crippen molar-refractivity contribution in [2.45, 2.75) is 19.8 Å². The van der Waals surface area contributed by atoms with Gasteiger partial charge in [0.25, 0.3) is 0 Å². The van der Waals surface area contributed by atoms with Gasteiger partial charge in [-0.2, -0.15) is 10.4 Å². The molecule has 7 heteroatoms. The molecule has 0 saturated carbocycles. The maximum Gasteiger partial charge on any atom is 0.355 e. The first kappa shape index (κ1) is 15.0. The number of aryl methyl sites for hydroxylation is 1. The van der Waals surface area contributed by atoms with Crippen LogP contribution in [-0.4, -0.2) is 24.2 Å². The zero-order chi connectivity index (χ0) is 15.4. The van der Waals surface area contributed by atoms with E-state index < -0.39 is 5.97 Å². The molecule has 1 aliphatic heterocycles. The normalized spacial score (nSPS) is 14.4. The van der Waals surface area contributed by atoms with Crippen LogP contribution in [0.2, 0.25) is 5.02 Å². The number of carbonyl (C=O) groups excluding carboxylic acids is 2. The third kappa shape index (κ3) is 3.38. The van der Waals surface area contributed by atoms with Crippen molar-refractivity contribution in [3.05, 3.63) is 28.8 Å². The quantitative estimate of drug-likeness (QED) is 0.801. The zero-order valence-corrected chi connectivity index (χ0v) is 12.1. The second-order valence-electron chi connectivity index (χ2n) is 4.42. The Morgan fingerprint density at radius 2 is 2.29 bits per heavy atom. The second kappa shape index (κ2) is 6.37. The van der Waals surface area contributed by atoms with Gasteiger partial charge in [0.05, 0.1) is 5.69 Å². The van der Waals surface area contributed by atoms with Gasteiger partial charge in [0.1, 0.15) is 11.8 Å². The van der Waals surface area contributed by atoms with Crippen LogP contribution in [0.3, 0.4) is 0 Å². The number of carbonyl (C=O) groups is 2. The SMILES string of the molecule is Cc1ccc(N2N=C(C(=O)OCC#N)CCC2=O)cc1Cl. The van der Waals surface area contributed by atoms with Gasteiger partial charge in [-0.25, -0.2) is 9.80 Å². The van der Waals surface area contributed by atoms with E-state index in [1.807, 2.05) is 6.92 Å². The lowest BCUT2D eigenvalue weighted by molar-refractivity contribution is -0.134. The predicted octanol–water partition coefficient (Wildman–Crippen LogP) is 2.20. The highest BCUT2D eigenvalue weighted by Gasteiger charge is 2.26. The first-order chi connectivity index (χ1) is 10.0. The van der Waals surface area contributed by atoms with E-state index in [0.717, 1.165) is 10.6 Å². The van der Waals surface area contributed by atoms with Gasteiger partial charge in [-0.15, -0.1) is 0 Å². The van der Waals surface area contributed by atoms with E-state index >= 15 is 0 Å². The summed E-state index contributed by atoms with van der Waals surface area (Å²) in [6, 6.07) is 6.79. The highest BCUT2D eigenvalue weighted by atomic mass is 35.5. The molecule has 2 rings (SSSR count). The summed E-state index contributed by atoms with van der Waals surface area (Å²) < 4.78 is 4.70. The molecule has 1 amide bonds. The van der Waals surface area contributed by atoms with Crippen LogP contribution in [0.5, 0.6) is 0 Å². The van der Waals surface area contributed by atoms with E-state index in [1.165, 1.54) is 0 Å². The van der Waals surface area contributed by atoms with Crippen LogP contribution in [0.15, 0.2) is 23.3 Å². The first-order valence-corrected chi connectivity index (χ1v) is 6.61. The standard InChI is InChI=1S/C14H12ClN3O3/c1-9-2-3-10(8-11(9)15)18-13(19)5-4-12(17-18)14(20)21-7-6-16/h2-3,8H,4-5,7H2,1H3. The molecule has 0 saturated heterocycles. The molecule has 1 aliphatic rings. The summed E-state index contributed by atoms with van der Waals surface area (Å²) in [6.45, 7) is 1.50. The van der Waals surface area contributed by atoms with Crippen LogP contribution in [0.1, 0.15) is 18.4 Å². The lowest BCUT2D eigenvalue weighted by Gasteiger charge is -2.23. The number of rotatable bonds is 3. The van der Waals surface area contributed by atoms with Crippen molar-refractivity contribution in [2.75, 3.05) is 11.6 Å². The summed E-state index contributed by atoms with van der Waals surface area (Å²) in [5.41, 5.74) is 1.48. The fraction of sp³-hybridized carbons (Fsp3) is 0.286. The van der Waals surface area contributed by atoms with Crippen molar-refractivity contribution in [2.24, 2.45) is 5.10 Å². The topological polar surface area (TPSA) is 82.8 Å². The van der Waals surface area contributed by atoms with Gasteiger partial charge in [-0.1, -0.05) is 17.7 Å². The lowest BCUT2D eigenvalue weighted by atomic mass is 10.1. The van der Waals surface area contributed by atoms with Gasteiger partial charge in [-0.3, -0.25) is 4.79 Å². The molecule has 0 N–H and O–H groups in total. The summed E-state index contributed by atoms with van der Waals surface area (Å²) in [5.74, 6) is -0.918. The Labute approximate surface area is 126 Å². The summed E-state index contributed by atoms with van der Waals surface area (Å²) in [7, 11) is 0. The van der Waals surface area contributed by atoms with Gasteiger partial charge in [-0.05, 0) is 24.6 Å². The number of halogens is 1. The largest absolute Gasteiger partial charge is 0.446 e. The highest BCUT2D eigenvalue weighted by molar-refractivity contribution is 6.38. The molecular weight excluding hydrogens is 294 g/mol. The van der Waals surface area contributed by atoms with Crippen LogP contribution in [0.25, 0.3) is 0 Å². The molecule has 0 radical (unpaired) electrons. The molecule has 1 aromatic rings. The molecule has 0 aliphatic carbocycles. The third-order valence-electron chi connectivity index (χ3n) is 2.94. The van der Waals surface area contributed by atoms with Crippen molar-refractivity contribution in [1.82, 2.24) is 0 Å². The number of hydrogen-bond acceptors (Lipinski definition) is 5. The summed E-state index contributed by atoms with van der Waals surface area (Å²) >= 11 is 6.03. The van der Waals surface area contributed by atoms with Crippen molar-refractivity contribution >= 4 is 34.9 Å². The maximum atomic E-state index is 11.9. The second-order valence-corrected chi connectivity index (χ2v) is 4.83. The molecule has 1 aromatic carbocycles. The van der Waals surface area contributed by atoms with E-state index in [-0.39, 0.29) is 31.1 Å². The molecule has 0 unspecified atom stereocenters. The fourth-order valence-electron chi connectivity index (χ4n) is 1.80. The first-order valence-electron chi connectivity index (χ1n) is 6.23. The molecule has 6 nitrogen and oxygen atoms in total. The monoisotopic (exact) mass is 305 g/mol. The molecule has 21 heavy (non-hydrogen) atoms.